The average molecular weight is 272 g/mol. The van der Waals surface area contributed by atoms with Gasteiger partial charge in [-0.05, 0) is 30.7 Å². The zero-order chi connectivity index (χ0) is 14.3. The van der Waals surface area contributed by atoms with Crippen LogP contribution in [0.5, 0.6) is 0 Å². The van der Waals surface area contributed by atoms with E-state index in [4.69, 9.17) is 5.26 Å². The number of allylic oxidation sites excluding steroid dienone is 3. The Balaban J connectivity index is 2.62. The first kappa shape index (κ1) is 15.4. The maximum absolute atomic E-state index is 9.06. The maximum Gasteiger partial charge on any atom is 0.106 e. The Kier molecular flexibility index (Phi) is 5.72. The zero-order valence-electron chi connectivity index (χ0n) is 11.9. The van der Waals surface area contributed by atoms with Crippen LogP contribution in [0.4, 0.5) is 5.69 Å². The molecule has 0 aliphatic rings. The fraction of sp³-hybridized carbons (Fsp3) is 0.312. The molecule has 0 fully saturated rings. The van der Waals surface area contributed by atoms with Crippen molar-refractivity contribution in [1.82, 2.24) is 0 Å². The Morgan fingerprint density at radius 2 is 2.00 bits per heavy atom. The SMILES string of the molecule is Cc1ccccc1NC=CC=C(C#N)SC(C)(C)C. The normalized spacial score (nSPS) is 12.5. The Hall–Kier alpha value is -1.66. The molecule has 0 unspecified atom stereocenters. The molecule has 0 saturated heterocycles. The summed E-state index contributed by atoms with van der Waals surface area (Å²) in [5.74, 6) is 0. The topological polar surface area (TPSA) is 35.8 Å². The molecule has 2 nitrogen and oxygen atoms in total. The summed E-state index contributed by atoms with van der Waals surface area (Å²) in [5, 5.41) is 12.3. The highest BCUT2D eigenvalue weighted by Crippen LogP contribution is 2.30. The van der Waals surface area contributed by atoms with Gasteiger partial charge in [0, 0.05) is 16.6 Å². The summed E-state index contributed by atoms with van der Waals surface area (Å²) in [6.45, 7) is 8.34. The standard InChI is InChI=1S/C16H20N2S/c1-13-8-5-6-10-15(13)18-11-7-9-14(12-17)19-16(2,3)4/h5-11,18H,1-4H3. The molecule has 3 heteroatoms. The third kappa shape index (κ3) is 6.17. The molecular weight excluding hydrogens is 252 g/mol. The van der Waals surface area contributed by atoms with E-state index in [2.05, 4.69) is 45.1 Å². The first-order valence-electron chi connectivity index (χ1n) is 6.20. The van der Waals surface area contributed by atoms with Crippen LogP contribution in [0.25, 0.3) is 0 Å². The third-order valence-electron chi connectivity index (χ3n) is 2.25. The molecule has 0 atom stereocenters. The van der Waals surface area contributed by atoms with Crippen LogP contribution >= 0.6 is 11.8 Å². The van der Waals surface area contributed by atoms with Gasteiger partial charge in [-0.1, -0.05) is 39.0 Å². The first-order valence-corrected chi connectivity index (χ1v) is 7.02. The summed E-state index contributed by atoms with van der Waals surface area (Å²) < 4.78 is 0.0544. The van der Waals surface area contributed by atoms with E-state index in [1.54, 1.807) is 11.8 Å². The van der Waals surface area contributed by atoms with Crippen molar-refractivity contribution in [2.24, 2.45) is 0 Å². The number of nitriles is 1. The van der Waals surface area contributed by atoms with Gasteiger partial charge in [0.15, 0.2) is 0 Å². The van der Waals surface area contributed by atoms with Crippen molar-refractivity contribution in [3.8, 4) is 6.07 Å². The lowest BCUT2D eigenvalue weighted by Gasteiger charge is -2.15. The lowest BCUT2D eigenvalue weighted by atomic mass is 10.2. The molecule has 0 amide bonds. The molecule has 0 aromatic heterocycles. The van der Waals surface area contributed by atoms with E-state index < -0.39 is 0 Å². The summed E-state index contributed by atoms with van der Waals surface area (Å²) in [5.41, 5.74) is 2.27. The zero-order valence-corrected chi connectivity index (χ0v) is 12.7. The minimum absolute atomic E-state index is 0.0544. The van der Waals surface area contributed by atoms with Crippen molar-refractivity contribution in [2.75, 3.05) is 5.32 Å². The van der Waals surface area contributed by atoms with E-state index in [-0.39, 0.29) is 4.75 Å². The van der Waals surface area contributed by atoms with E-state index in [0.29, 0.717) is 0 Å². The molecule has 1 N–H and O–H groups in total. The molecule has 1 rings (SSSR count). The quantitative estimate of drug-likeness (QED) is 0.628. The van der Waals surface area contributed by atoms with E-state index >= 15 is 0 Å². The molecule has 0 saturated carbocycles. The molecule has 100 valence electrons. The Morgan fingerprint density at radius 1 is 1.32 bits per heavy atom. The summed E-state index contributed by atoms with van der Waals surface area (Å²) in [4.78, 5) is 0.718. The predicted octanol–water partition coefficient (Wildman–Crippen LogP) is 4.86. The van der Waals surface area contributed by atoms with Gasteiger partial charge >= 0.3 is 0 Å². The van der Waals surface area contributed by atoms with Crippen LogP contribution in [-0.2, 0) is 0 Å². The van der Waals surface area contributed by atoms with E-state index in [1.807, 2.05) is 36.6 Å². The smallest absolute Gasteiger partial charge is 0.106 e. The van der Waals surface area contributed by atoms with Crippen LogP contribution in [0.1, 0.15) is 26.3 Å². The van der Waals surface area contributed by atoms with Crippen LogP contribution < -0.4 is 5.32 Å². The second kappa shape index (κ2) is 7.06. The lowest BCUT2D eigenvalue weighted by molar-refractivity contribution is 0.807. The number of anilines is 1. The van der Waals surface area contributed by atoms with Gasteiger partial charge in [-0.2, -0.15) is 5.26 Å². The van der Waals surface area contributed by atoms with E-state index in [9.17, 15) is 0 Å². The van der Waals surface area contributed by atoms with E-state index in [1.165, 1.54) is 5.56 Å². The largest absolute Gasteiger partial charge is 0.361 e. The number of para-hydroxylation sites is 1. The number of nitrogens with one attached hydrogen (secondary N) is 1. The Bertz CT molecular complexity index is 516. The minimum atomic E-state index is 0.0544. The average Bonchev–Trinajstić information content (AvgIpc) is 2.33. The van der Waals surface area contributed by atoms with Crippen LogP contribution in [-0.4, -0.2) is 4.75 Å². The number of thioether (sulfide) groups is 1. The second-order valence-corrected chi connectivity index (χ2v) is 7.04. The molecular formula is C16H20N2S. The molecule has 0 radical (unpaired) electrons. The molecule has 0 aliphatic heterocycles. The van der Waals surface area contributed by atoms with Crippen molar-refractivity contribution < 1.29 is 0 Å². The number of hydrogen-bond acceptors (Lipinski definition) is 3. The number of aryl methyl sites for hydroxylation is 1. The summed E-state index contributed by atoms with van der Waals surface area (Å²) in [6.07, 6.45) is 5.55. The van der Waals surface area contributed by atoms with Gasteiger partial charge in [0.05, 0.1) is 4.91 Å². The number of hydrogen-bond donors (Lipinski definition) is 1. The molecule has 0 bridgehead atoms. The van der Waals surface area contributed by atoms with Crippen molar-refractivity contribution in [1.29, 1.82) is 5.26 Å². The highest BCUT2D eigenvalue weighted by Gasteiger charge is 2.12. The molecule has 0 heterocycles. The van der Waals surface area contributed by atoms with Gasteiger partial charge in [0.25, 0.3) is 0 Å². The fourth-order valence-corrected chi connectivity index (χ4v) is 2.28. The number of rotatable bonds is 4. The van der Waals surface area contributed by atoms with Crippen LogP contribution in [0, 0.1) is 18.3 Å². The van der Waals surface area contributed by atoms with Crippen LogP contribution in [0.15, 0.2) is 47.5 Å². The van der Waals surface area contributed by atoms with E-state index in [0.717, 1.165) is 10.6 Å². The van der Waals surface area contributed by atoms with Crippen molar-refractivity contribution >= 4 is 17.4 Å². The van der Waals surface area contributed by atoms with Gasteiger partial charge < -0.3 is 5.32 Å². The third-order valence-corrected chi connectivity index (χ3v) is 3.31. The fourth-order valence-electron chi connectivity index (χ4n) is 1.43. The maximum atomic E-state index is 9.06. The first-order chi connectivity index (χ1) is 8.92. The highest BCUT2D eigenvalue weighted by molar-refractivity contribution is 8.04. The predicted molar refractivity (Wildman–Crippen MR) is 85.0 cm³/mol. The molecule has 1 aromatic rings. The molecule has 0 aliphatic carbocycles. The lowest BCUT2D eigenvalue weighted by Crippen LogP contribution is -2.06. The number of nitrogens with zero attached hydrogens (tertiary/aromatic N) is 1. The molecule has 19 heavy (non-hydrogen) atoms. The van der Waals surface area contributed by atoms with Gasteiger partial charge in [0.1, 0.15) is 6.07 Å². The number of benzene rings is 1. The minimum Gasteiger partial charge on any atom is -0.361 e. The van der Waals surface area contributed by atoms with Crippen LogP contribution in [0.2, 0.25) is 0 Å². The van der Waals surface area contributed by atoms with Gasteiger partial charge in [-0.25, -0.2) is 0 Å². The van der Waals surface area contributed by atoms with Gasteiger partial charge in [-0.15, -0.1) is 11.8 Å². The van der Waals surface area contributed by atoms with Crippen molar-refractivity contribution in [3.05, 3.63) is 53.1 Å². The summed E-state index contributed by atoms with van der Waals surface area (Å²) >= 11 is 1.57. The Morgan fingerprint density at radius 3 is 2.58 bits per heavy atom. The monoisotopic (exact) mass is 272 g/mol. The van der Waals surface area contributed by atoms with Crippen molar-refractivity contribution in [3.63, 3.8) is 0 Å². The van der Waals surface area contributed by atoms with Gasteiger partial charge in [0.2, 0.25) is 0 Å². The molecule has 1 aromatic carbocycles. The summed E-state index contributed by atoms with van der Waals surface area (Å²) in [6, 6.07) is 10.3. The second-order valence-electron chi connectivity index (χ2n) is 5.18. The summed E-state index contributed by atoms with van der Waals surface area (Å²) in [7, 11) is 0. The van der Waals surface area contributed by atoms with Crippen LogP contribution in [0.3, 0.4) is 0 Å². The van der Waals surface area contributed by atoms with Crippen molar-refractivity contribution in [2.45, 2.75) is 32.4 Å². The highest BCUT2D eigenvalue weighted by atomic mass is 32.2. The van der Waals surface area contributed by atoms with Gasteiger partial charge in [-0.3, -0.25) is 0 Å². The molecule has 0 spiro atoms. The Labute approximate surface area is 120 Å².